The highest BCUT2D eigenvalue weighted by molar-refractivity contribution is 5.79. The zero-order valence-electron chi connectivity index (χ0n) is 18.6. The first-order valence-corrected chi connectivity index (χ1v) is 11.6. The number of aliphatic carboxylic acids is 1. The van der Waals surface area contributed by atoms with E-state index in [1.807, 2.05) is 24.3 Å². The second-order valence-electron chi connectivity index (χ2n) is 8.90. The van der Waals surface area contributed by atoms with Crippen LogP contribution in [0.1, 0.15) is 55.6 Å². The zero-order chi connectivity index (χ0) is 23.2. The maximum atomic E-state index is 12.5. The number of benzene rings is 2. The number of carboxylic acid groups (broad SMARTS) is 1. The minimum Gasteiger partial charge on any atom is -0.481 e. The number of rotatable bonds is 9. The maximum absolute atomic E-state index is 12.5. The Hall–Kier alpha value is -3.35. The van der Waals surface area contributed by atoms with Gasteiger partial charge in [-0.1, -0.05) is 48.5 Å². The summed E-state index contributed by atoms with van der Waals surface area (Å²) >= 11 is 0. The largest absolute Gasteiger partial charge is 0.481 e. The maximum Gasteiger partial charge on any atom is 0.407 e. The Kier molecular flexibility index (Phi) is 7.27. The summed E-state index contributed by atoms with van der Waals surface area (Å²) in [5.41, 5.74) is 4.76. The number of hydrogen-bond acceptors (Lipinski definition) is 4. The van der Waals surface area contributed by atoms with E-state index in [2.05, 4.69) is 34.9 Å². The van der Waals surface area contributed by atoms with Crippen molar-refractivity contribution in [3.8, 4) is 11.1 Å². The van der Waals surface area contributed by atoms with Crippen LogP contribution in [0.5, 0.6) is 0 Å². The lowest BCUT2D eigenvalue weighted by molar-refractivity contribution is -0.137. The molecule has 7 nitrogen and oxygen atoms in total. The Morgan fingerprint density at radius 3 is 2.30 bits per heavy atom. The molecule has 0 aliphatic heterocycles. The van der Waals surface area contributed by atoms with Gasteiger partial charge in [-0.05, 0) is 53.9 Å². The first kappa shape index (κ1) is 22.8. The van der Waals surface area contributed by atoms with Gasteiger partial charge in [0.25, 0.3) is 0 Å². The second kappa shape index (κ2) is 10.5. The van der Waals surface area contributed by atoms with Gasteiger partial charge in [-0.15, -0.1) is 0 Å². The summed E-state index contributed by atoms with van der Waals surface area (Å²) in [6, 6.07) is 16.5. The second-order valence-corrected chi connectivity index (χ2v) is 8.90. The molecule has 1 fully saturated rings. The van der Waals surface area contributed by atoms with Crippen LogP contribution in [0.25, 0.3) is 11.1 Å². The van der Waals surface area contributed by atoms with Crippen LogP contribution < -0.4 is 10.6 Å². The highest BCUT2D eigenvalue weighted by Gasteiger charge is 2.31. The van der Waals surface area contributed by atoms with Gasteiger partial charge in [0.1, 0.15) is 6.61 Å². The number of nitrogens with one attached hydrogen (secondary N) is 2. The predicted octanol–water partition coefficient (Wildman–Crippen LogP) is 4.06. The number of carboxylic acids is 1. The fraction of sp³-hybridized carbons (Fsp3) is 0.423. The number of carbonyl (C=O) groups is 3. The van der Waals surface area contributed by atoms with Crippen molar-refractivity contribution in [2.24, 2.45) is 5.92 Å². The molecule has 0 bridgehead atoms. The van der Waals surface area contributed by atoms with Crippen LogP contribution in [0.3, 0.4) is 0 Å². The highest BCUT2D eigenvalue weighted by atomic mass is 16.5. The number of ether oxygens (including phenoxy) is 1. The molecule has 1 saturated carbocycles. The monoisotopic (exact) mass is 450 g/mol. The van der Waals surface area contributed by atoms with E-state index in [1.54, 1.807) is 0 Å². The molecule has 0 spiro atoms. The molecule has 0 heterocycles. The fourth-order valence-electron chi connectivity index (χ4n) is 5.00. The van der Waals surface area contributed by atoms with Gasteiger partial charge in [0, 0.05) is 31.3 Å². The number of alkyl carbamates (subject to hydrolysis) is 1. The SMILES string of the molecule is O=C(O)CCCNC(=O)C[C@@H]1CC[C@H](NC(=O)OCC2c3ccccc3-c3ccccc32)C1. The molecule has 0 radical (unpaired) electrons. The van der Waals surface area contributed by atoms with E-state index >= 15 is 0 Å². The fourth-order valence-corrected chi connectivity index (χ4v) is 5.00. The van der Waals surface area contributed by atoms with Crippen molar-refractivity contribution in [2.75, 3.05) is 13.2 Å². The topological polar surface area (TPSA) is 105 Å². The zero-order valence-corrected chi connectivity index (χ0v) is 18.6. The average Bonchev–Trinajstić information content (AvgIpc) is 3.37. The molecule has 3 N–H and O–H groups in total. The molecule has 2 aromatic rings. The molecule has 4 rings (SSSR count). The summed E-state index contributed by atoms with van der Waals surface area (Å²) in [4.78, 5) is 35.0. The molecule has 0 unspecified atom stereocenters. The first-order chi connectivity index (χ1) is 16.0. The van der Waals surface area contributed by atoms with Gasteiger partial charge in [0.15, 0.2) is 0 Å². The van der Waals surface area contributed by atoms with Gasteiger partial charge < -0.3 is 20.5 Å². The van der Waals surface area contributed by atoms with Crippen LogP contribution in [0.15, 0.2) is 48.5 Å². The Balaban J connectivity index is 1.21. The molecule has 2 aromatic carbocycles. The van der Waals surface area contributed by atoms with Gasteiger partial charge in [0.05, 0.1) is 0 Å². The van der Waals surface area contributed by atoms with Crippen molar-refractivity contribution in [1.29, 1.82) is 0 Å². The Labute approximate surface area is 193 Å². The molecular formula is C26H30N2O5. The van der Waals surface area contributed by atoms with E-state index < -0.39 is 12.1 Å². The van der Waals surface area contributed by atoms with Crippen molar-refractivity contribution in [3.05, 3.63) is 59.7 Å². The van der Waals surface area contributed by atoms with Crippen molar-refractivity contribution in [3.63, 3.8) is 0 Å². The molecular weight excluding hydrogens is 420 g/mol. The molecule has 0 saturated heterocycles. The molecule has 7 heteroatoms. The minimum atomic E-state index is -0.859. The van der Waals surface area contributed by atoms with Crippen molar-refractivity contribution in [1.82, 2.24) is 10.6 Å². The van der Waals surface area contributed by atoms with Gasteiger partial charge >= 0.3 is 12.1 Å². The van der Waals surface area contributed by atoms with Gasteiger partial charge in [-0.25, -0.2) is 4.79 Å². The van der Waals surface area contributed by atoms with Crippen LogP contribution >= 0.6 is 0 Å². The van der Waals surface area contributed by atoms with Crippen molar-refractivity contribution in [2.45, 2.75) is 50.5 Å². The highest BCUT2D eigenvalue weighted by Crippen LogP contribution is 2.44. The third kappa shape index (κ3) is 5.72. The van der Waals surface area contributed by atoms with E-state index in [0.717, 1.165) is 19.3 Å². The van der Waals surface area contributed by atoms with Crippen LogP contribution in [-0.2, 0) is 14.3 Å². The molecule has 0 aromatic heterocycles. The van der Waals surface area contributed by atoms with Crippen molar-refractivity contribution >= 4 is 18.0 Å². The number of amides is 2. The molecule has 33 heavy (non-hydrogen) atoms. The molecule has 2 aliphatic carbocycles. The predicted molar refractivity (Wildman–Crippen MR) is 124 cm³/mol. The molecule has 2 aliphatic rings. The van der Waals surface area contributed by atoms with Crippen LogP contribution in [0.2, 0.25) is 0 Å². The first-order valence-electron chi connectivity index (χ1n) is 11.6. The van der Waals surface area contributed by atoms with Gasteiger partial charge in [0.2, 0.25) is 5.91 Å². The van der Waals surface area contributed by atoms with Crippen LogP contribution in [0, 0.1) is 5.92 Å². The van der Waals surface area contributed by atoms with E-state index in [0.29, 0.717) is 19.4 Å². The average molecular weight is 451 g/mol. The molecule has 174 valence electrons. The van der Waals surface area contributed by atoms with E-state index in [1.165, 1.54) is 22.3 Å². The summed E-state index contributed by atoms with van der Waals surface area (Å²) in [6.07, 6.45) is 2.90. The van der Waals surface area contributed by atoms with E-state index in [9.17, 15) is 14.4 Å². The number of carbonyl (C=O) groups excluding carboxylic acids is 2. The summed E-state index contributed by atoms with van der Waals surface area (Å²) in [7, 11) is 0. The standard InChI is InChI=1S/C26H30N2O5/c29-24(27-13-5-10-25(30)31)15-17-11-12-18(14-17)28-26(32)33-16-23-21-8-3-1-6-19(21)20-7-2-4-9-22(20)23/h1-4,6-9,17-18,23H,5,10-16H2,(H,27,29)(H,28,32)(H,30,31)/t17-,18+/m1/s1. The summed E-state index contributed by atoms with van der Waals surface area (Å²) in [6.45, 7) is 0.661. The summed E-state index contributed by atoms with van der Waals surface area (Å²) in [5.74, 6) is -0.679. The van der Waals surface area contributed by atoms with E-state index in [4.69, 9.17) is 9.84 Å². The summed E-state index contributed by atoms with van der Waals surface area (Å²) < 4.78 is 5.63. The quantitative estimate of drug-likeness (QED) is 0.500. The Morgan fingerprint density at radius 2 is 1.64 bits per heavy atom. The third-order valence-corrected chi connectivity index (χ3v) is 6.57. The van der Waals surface area contributed by atoms with Gasteiger partial charge in [-0.3, -0.25) is 9.59 Å². The Morgan fingerprint density at radius 1 is 0.970 bits per heavy atom. The number of hydrogen-bond donors (Lipinski definition) is 3. The van der Waals surface area contributed by atoms with Crippen LogP contribution in [0.4, 0.5) is 4.79 Å². The smallest absolute Gasteiger partial charge is 0.407 e. The van der Waals surface area contributed by atoms with Crippen molar-refractivity contribution < 1.29 is 24.2 Å². The normalized spacial score (nSPS) is 18.9. The van der Waals surface area contributed by atoms with E-state index in [-0.39, 0.29) is 36.8 Å². The van der Waals surface area contributed by atoms with Crippen LogP contribution in [-0.4, -0.2) is 42.3 Å². The lowest BCUT2D eigenvalue weighted by Gasteiger charge is -2.17. The lowest BCUT2D eigenvalue weighted by atomic mass is 9.98. The molecule has 2 amide bonds. The number of fused-ring (bicyclic) bond motifs is 3. The lowest BCUT2D eigenvalue weighted by Crippen LogP contribution is -2.34. The summed E-state index contributed by atoms with van der Waals surface area (Å²) in [5, 5.41) is 14.4. The minimum absolute atomic E-state index is 0.00506. The van der Waals surface area contributed by atoms with Gasteiger partial charge in [-0.2, -0.15) is 0 Å². The molecule has 2 atom stereocenters. The Bertz CT molecular complexity index is 976. The third-order valence-electron chi connectivity index (χ3n) is 6.57.